The summed E-state index contributed by atoms with van der Waals surface area (Å²) in [5, 5.41) is 13.8. The number of halogens is 2. The van der Waals surface area contributed by atoms with Crippen LogP contribution in [0.15, 0.2) is 17.1 Å². The fourth-order valence-electron chi connectivity index (χ4n) is 1.08. The summed E-state index contributed by atoms with van der Waals surface area (Å²) < 4.78 is 1.04. The van der Waals surface area contributed by atoms with Crippen molar-refractivity contribution in [3.63, 3.8) is 0 Å². The summed E-state index contributed by atoms with van der Waals surface area (Å²) in [4.78, 5) is 11.0. The molecule has 0 radical (unpaired) electrons. The third-order valence-electron chi connectivity index (χ3n) is 1.91. The molecule has 1 aromatic heterocycles. The lowest BCUT2D eigenvalue weighted by molar-refractivity contribution is -0.384. The zero-order chi connectivity index (χ0) is 12.3. The van der Waals surface area contributed by atoms with Crippen LogP contribution in [0, 0.1) is 10.1 Å². The van der Waals surface area contributed by atoms with Crippen molar-refractivity contribution in [3.05, 3.63) is 36.5 Å². The average molecular weight is 326 g/mol. The Morgan fingerprint density at radius 1 is 1.88 bits per heavy atom. The number of hydrogen-bond acceptors (Lipinski definition) is 4. The molecule has 0 bridgehead atoms. The molecule has 1 N–H and O–H groups in total. The van der Waals surface area contributed by atoms with Gasteiger partial charge in [0.2, 0.25) is 0 Å². The lowest BCUT2D eigenvalue weighted by Gasteiger charge is -2.10. The van der Waals surface area contributed by atoms with E-state index in [-0.39, 0.29) is 16.1 Å². The van der Waals surface area contributed by atoms with Gasteiger partial charge in [-0.15, -0.1) is 11.3 Å². The predicted octanol–water partition coefficient (Wildman–Crippen LogP) is 3.87. The van der Waals surface area contributed by atoms with E-state index < -0.39 is 4.92 Å². The minimum absolute atomic E-state index is 0.00509. The molecule has 4 nitrogen and oxygen atoms in total. The highest BCUT2D eigenvalue weighted by Gasteiger charge is 2.19. The number of nitro groups is 1. The van der Waals surface area contributed by atoms with E-state index in [1.54, 1.807) is 0 Å². The lowest BCUT2D eigenvalue weighted by atomic mass is 10.2. The van der Waals surface area contributed by atoms with Crippen molar-refractivity contribution in [2.24, 2.45) is 0 Å². The summed E-state index contributed by atoms with van der Waals surface area (Å²) in [5.41, 5.74) is -0.0343. The summed E-state index contributed by atoms with van der Waals surface area (Å²) in [6.07, 6.45) is 0. The topological polar surface area (TPSA) is 55.2 Å². The van der Waals surface area contributed by atoms with Crippen molar-refractivity contribution >= 4 is 44.6 Å². The molecule has 0 spiro atoms. The minimum atomic E-state index is -0.474. The van der Waals surface area contributed by atoms with E-state index in [0.717, 1.165) is 9.36 Å². The van der Waals surface area contributed by atoms with Gasteiger partial charge in [-0.25, -0.2) is 0 Å². The molecule has 88 valence electrons. The van der Waals surface area contributed by atoms with Crippen LogP contribution in [0.4, 0.5) is 5.69 Å². The quantitative estimate of drug-likeness (QED) is 0.660. The minimum Gasteiger partial charge on any atom is -0.305 e. The Balaban J connectivity index is 2.76. The molecule has 0 aliphatic carbocycles. The molecule has 0 fully saturated rings. The summed E-state index contributed by atoms with van der Waals surface area (Å²) >= 11 is 10.2. The van der Waals surface area contributed by atoms with Crippen molar-refractivity contribution in [2.75, 3.05) is 6.54 Å². The molecule has 1 heterocycles. The van der Waals surface area contributed by atoms with Gasteiger partial charge in [0.15, 0.2) is 4.34 Å². The van der Waals surface area contributed by atoms with Crippen LogP contribution in [0.1, 0.15) is 17.8 Å². The Labute approximate surface area is 111 Å². The fourth-order valence-corrected chi connectivity index (χ4v) is 2.51. The second-order valence-electron chi connectivity index (χ2n) is 3.18. The van der Waals surface area contributed by atoms with Crippen LogP contribution in [0.25, 0.3) is 0 Å². The molecule has 0 aliphatic rings. The van der Waals surface area contributed by atoms with Crippen LogP contribution in [-0.2, 0) is 0 Å². The standard InChI is InChI=1S/C9H10BrClN2O2S/c1-5(10)4-12-6(2)8-3-7(13(14)15)9(11)16-8/h3,6,12H,1,4H2,2H3. The normalized spacial score (nSPS) is 12.4. The van der Waals surface area contributed by atoms with Gasteiger partial charge >= 0.3 is 0 Å². The number of rotatable bonds is 5. The fraction of sp³-hybridized carbons (Fsp3) is 0.333. The zero-order valence-corrected chi connectivity index (χ0v) is 11.7. The molecule has 0 aromatic carbocycles. The predicted molar refractivity (Wildman–Crippen MR) is 70.5 cm³/mol. The second-order valence-corrected chi connectivity index (χ2v) is 5.99. The first-order valence-electron chi connectivity index (χ1n) is 4.42. The SMILES string of the molecule is C=C(Br)CNC(C)c1cc([N+](=O)[O-])c(Cl)s1. The van der Waals surface area contributed by atoms with Gasteiger partial charge in [0, 0.05) is 28.0 Å². The summed E-state index contributed by atoms with van der Waals surface area (Å²) in [5.74, 6) is 0. The van der Waals surface area contributed by atoms with Gasteiger partial charge in [-0.05, 0) is 6.92 Å². The first-order chi connectivity index (χ1) is 7.41. The van der Waals surface area contributed by atoms with Crippen LogP contribution in [0.5, 0.6) is 0 Å². The van der Waals surface area contributed by atoms with E-state index in [1.165, 1.54) is 17.4 Å². The maximum Gasteiger partial charge on any atom is 0.299 e. The molecule has 1 rings (SSSR count). The molecule has 0 saturated heterocycles. The van der Waals surface area contributed by atoms with E-state index in [0.29, 0.717) is 6.54 Å². The number of thiophene rings is 1. The maximum absolute atomic E-state index is 10.6. The van der Waals surface area contributed by atoms with Crippen molar-refractivity contribution < 1.29 is 4.92 Å². The summed E-state index contributed by atoms with van der Waals surface area (Å²) in [6.45, 7) is 6.22. The summed E-state index contributed by atoms with van der Waals surface area (Å²) in [7, 11) is 0. The summed E-state index contributed by atoms with van der Waals surface area (Å²) in [6, 6.07) is 1.51. The van der Waals surface area contributed by atoms with Crippen LogP contribution >= 0.6 is 38.9 Å². The zero-order valence-electron chi connectivity index (χ0n) is 8.50. The molecule has 0 saturated carbocycles. The third-order valence-corrected chi connectivity index (χ3v) is 3.71. The second kappa shape index (κ2) is 5.77. The average Bonchev–Trinajstić information content (AvgIpc) is 2.56. The van der Waals surface area contributed by atoms with Gasteiger partial charge in [-0.1, -0.05) is 34.1 Å². The third kappa shape index (κ3) is 3.55. The van der Waals surface area contributed by atoms with E-state index in [1.807, 2.05) is 6.92 Å². The molecule has 16 heavy (non-hydrogen) atoms. The van der Waals surface area contributed by atoms with Gasteiger partial charge in [0.1, 0.15) is 0 Å². The molecule has 0 amide bonds. The first-order valence-corrected chi connectivity index (χ1v) is 6.41. The van der Waals surface area contributed by atoms with Gasteiger partial charge in [-0.3, -0.25) is 10.1 Å². The molecule has 7 heteroatoms. The van der Waals surface area contributed by atoms with Gasteiger partial charge in [-0.2, -0.15) is 0 Å². The first kappa shape index (κ1) is 13.6. The highest BCUT2D eigenvalue weighted by Crippen LogP contribution is 2.36. The van der Waals surface area contributed by atoms with E-state index in [9.17, 15) is 10.1 Å². The van der Waals surface area contributed by atoms with Crippen molar-refractivity contribution in [2.45, 2.75) is 13.0 Å². The lowest BCUT2D eigenvalue weighted by Crippen LogP contribution is -2.18. The van der Waals surface area contributed by atoms with E-state index >= 15 is 0 Å². The van der Waals surface area contributed by atoms with Crippen molar-refractivity contribution in [1.29, 1.82) is 0 Å². The molecule has 0 aliphatic heterocycles. The maximum atomic E-state index is 10.6. The molecule has 1 unspecified atom stereocenters. The molecular formula is C9H10BrClN2O2S. The highest BCUT2D eigenvalue weighted by molar-refractivity contribution is 9.11. The Hall–Kier alpha value is -0.430. The van der Waals surface area contributed by atoms with Crippen LogP contribution in [-0.4, -0.2) is 11.5 Å². The van der Waals surface area contributed by atoms with Crippen molar-refractivity contribution in [1.82, 2.24) is 5.32 Å². The molecule has 1 aromatic rings. The number of hydrogen-bond donors (Lipinski definition) is 1. The van der Waals surface area contributed by atoms with Crippen LogP contribution in [0.3, 0.4) is 0 Å². The van der Waals surface area contributed by atoms with E-state index in [2.05, 4.69) is 27.8 Å². The largest absolute Gasteiger partial charge is 0.305 e. The van der Waals surface area contributed by atoms with Crippen LogP contribution < -0.4 is 5.32 Å². The highest BCUT2D eigenvalue weighted by atomic mass is 79.9. The smallest absolute Gasteiger partial charge is 0.299 e. The Kier molecular flexibility index (Phi) is 4.91. The number of nitrogens with zero attached hydrogens (tertiary/aromatic N) is 1. The number of nitrogens with one attached hydrogen (secondary N) is 1. The van der Waals surface area contributed by atoms with Gasteiger partial charge < -0.3 is 5.32 Å². The van der Waals surface area contributed by atoms with Crippen LogP contribution in [0.2, 0.25) is 4.34 Å². The Morgan fingerprint density at radius 2 is 2.50 bits per heavy atom. The Bertz CT molecular complexity index is 422. The van der Waals surface area contributed by atoms with Crippen molar-refractivity contribution in [3.8, 4) is 0 Å². The van der Waals surface area contributed by atoms with E-state index in [4.69, 9.17) is 11.6 Å². The Morgan fingerprint density at radius 3 is 2.94 bits per heavy atom. The molecular weight excluding hydrogens is 316 g/mol. The molecule has 1 atom stereocenters. The van der Waals surface area contributed by atoms with Gasteiger partial charge in [0.05, 0.1) is 4.92 Å². The van der Waals surface area contributed by atoms with Gasteiger partial charge in [0.25, 0.3) is 5.69 Å². The monoisotopic (exact) mass is 324 g/mol.